The zero-order valence-electron chi connectivity index (χ0n) is 12.7. The first-order valence-corrected chi connectivity index (χ1v) is 7.45. The molecule has 2 heterocycles. The number of hydrogen-bond donors (Lipinski definition) is 1. The van der Waals surface area contributed by atoms with Crippen LogP contribution in [-0.4, -0.2) is 36.3 Å². The molecule has 0 amide bonds. The first-order valence-electron chi connectivity index (χ1n) is 7.45. The average molecular weight is 279 g/mol. The van der Waals surface area contributed by atoms with E-state index in [-0.39, 0.29) is 6.10 Å². The molecule has 112 valence electrons. The van der Waals surface area contributed by atoms with Gasteiger partial charge in [-0.25, -0.2) is 9.97 Å². The molecule has 0 aliphatic carbocycles. The van der Waals surface area contributed by atoms with Crippen molar-refractivity contribution in [2.75, 3.05) is 20.3 Å². The van der Waals surface area contributed by atoms with E-state index in [4.69, 9.17) is 9.47 Å². The summed E-state index contributed by atoms with van der Waals surface area (Å²) in [6.07, 6.45) is 5.45. The van der Waals surface area contributed by atoms with Crippen LogP contribution in [0, 0.1) is 0 Å². The SMILES string of the molecule is CNCc1nc(C(C)C)ncc1OCC1CCCCO1. The fourth-order valence-corrected chi connectivity index (χ4v) is 2.24. The number of ether oxygens (including phenoxy) is 2. The molecule has 1 unspecified atom stereocenters. The van der Waals surface area contributed by atoms with Crippen molar-refractivity contribution in [2.45, 2.75) is 51.7 Å². The maximum absolute atomic E-state index is 5.87. The van der Waals surface area contributed by atoms with Gasteiger partial charge in [-0.1, -0.05) is 13.8 Å². The van der Waals surface area contributed by atoms with E-state index in [0.717, 1.165) is 36.7 Å². The molecule has 1 aliphatic rings. The third-order valence-corrected chi connectivity index (χ3v) is 3.41. The molecule has 5 heteroatoms. The van der Waals surface area contributed by atoms with Crippen LogP contribution in [0.4, 0.5) is 0 Å². The summed E-state index contributed by atoms with van der Waals surface area (Å²) in [4.78, 5) is 8.97. The van der Waals surface area contributed by atoms with Crippen LogP contribution in [0.5, 0.6) is 5.75 Å². The van der Waals surface area contributed by atoms with Gasteiger partial charge >= 0.3 is 0 Å². The van der Waals surface area contributed by atoms with Gasteiger partial charge in [0, 0.05) is 19.1 Å². The van der Waals surface area contributed by atoms with E-state index < -0.39 is 0 Å². The van der Waals surface area contributed by atoms with Gasteiger partial charge in [0.05, 0.1) is 18.0 Å². The molecule has 0 aromatic carbocycles. The maximum atomic E-state index is 5.87. The number of aromatic nitrogens is 2. The van der Waals surface area contributed by atoms with Gasteiger partial charge in [0.1, 0.15) is 12.4 Å². The summed E-state index contributed by atoms with van der Waals surface area (Å²) in [6, 6.07) is 0. The van der Waals surface area contributed by atoms with Crippen molar-refractivity contribution in [2.24, 2.45) is 0 Å². The summed E-state index contributed by atoms with van der Waals surface area (Å²) in [5, 5.41) is 3.13. The summed E-state index contributed by atoms with van der Waals surface area (Å²) >= 11 is 0. The lowest BCUT2D eigenvalue weighted by Gasteiger charge is -2.23. The number of hydrogen-bond acceptors (Lipinski definition) is 5. The minimum Gasteiger partial charge on any atom is -0.487 e. The van der Waals surface area contributed by atoms with E-state index in [2.05, 4.69) is 29.1 Å². The van der Waals surface area contributed by atoms with Crippen molar-refractivity contribution >= 4 is 0 Å². The van der Waals surface area contributed by atoms with Crippen molar-refractivity contribution in [3.8, 4) is 5.75 Å². The van der Waals surface area contributed by atoms with Gasteiger partial charge in [0.15, 0.2) is 5.75 Å². The van der Waals surface area contributed by atoms with E-state index in [0.29, 0.717) is 19.1 Å². The van der Waals surface area contributed by atoms with Crippen molar-refractivity contribution in [3.63, 3.8) is 0 Å². The molecule has 1 saturated heterocycles. The van der Waals surface area contributed by atoms with E-state index >= 15 is 0 Å². The summed E-state index contributed by atoms with van der Waals surface area (Å²) in [5.74, 6) is 1.94. The van der Waals surface area contributed by atoms with Crippen LogP contribution >= 0.6 is 0 Å². The van der Waals surface area contributed by atoms with Crippen molar-refractivity contribution < 1.29 is 9.47 Å². The van der Waals surface area contributed by atoms with Gasteiger partial charge in [0.25, 0.3) is 0 Å². The molecule has 20 heavy (non-hydrogen) atoms. The van der Waals surface area contributed by atoms with Gasteiger partial charge in [0.2, 0.25) is 0 Å². The first kappa shape index (κ1) is 15.2. The lowest BCUT2D eigenvalue weighted by Crippen LogP contribution is -2.26. The molecular formula is C15H25N3O2. The van der Waals surface area contributed by atoms with Crippen LogP contribution in [0.25, 0.3) is 0 Å². The lowest BCUT2D eigenvalue weighted by atomic mass is 10.1. The van der Waals surface area contributed by atoms with Gasteiger partial charge in [-0.15, -0.1) is 0 Å². The molecule has 1 aromatic rings. The lowest BCUT2D eigenvalue weighted by molar-refractivity contribution is -0.0114. The van der Waals surface area contributed by atoms with Gasteiger partial charge in [-0.3, -0.25) is 0 Å². The Morgan fingerprint density at radius 3 is 2.95 bits per heavy atom. The zero-order chi connectivity index (χ0) is 14.4. The van der Waals surface area contributed by atoms with E-state index in [9.17, 15) is 0 Å². The van der Waals surface area contributed by atoms with Gasteiger partial charge in [-0.05, 0) is 26.3 Å². The summed E-state index contributed by atoms with van der Waals surface area (Å²) < 4.78 is 11.6. The van der Waals surface area contributed by atoms with Crippen molar-refractivity contribution in [1.29, 1.82) is 0 Å². The Labute approximate surface area is 121 Å². The molecule has 1 aromatic heterocycles. The Kier molecular flexibility index (Phi) is 5.73. The number of nitrogens with one attached hydrogen (secondary N) is 1. The Hall–Kier alpha value is -1.20. The van der Waals surface area contributed by atoms with Crippen LogP contribution in [-0.2, 0) is 11.3 Å². The highest BCUT2D eigenvalue weighted by molar-refractivity contribution is 5.25. The summed E-state index contributed by atoms with van der Waals surface area (Å²) in [7, 11) is 1.91. The van der Waals surface area contributed by atoms with Crippen LogP contribution in [0.15, 0.2) is 6.20 Å². The molecule has 0 spiro atoms. The fraction of sp³-hybridized carbons (Fsp3) is 0.733. The maximum Gasteiger partial charge on any atom is 0.160 e. The largest absolute Gasteiger partial charge is 0.487 e. The third-order valence-electron chi connectivity index (χ3n) is 3.41. The van der Waals surface area contributed by atoms with Crippen LogP contribution < -0.4 is 10.1 Å². The fourth-order valence-electron chi connectivity index (χ4n) is 2.24. The van der Waals surface area contributed by atoms with Crippen LogP contribution in [0.2, 0.25) is 0 Å². The zero-order valence-corrected chi connectivity index (χ0v) is 12.7. The molecule has 5 nitrogen and oxygen atoms in total. The molecular weight excluding hydrogens is 254 g/mol. The van der Waals surface area contributed by atoms with Gasteiger partial charge < -0.3 is 14.8 Å². The highest BCUT2D eigenvalue weighted by atomic mass is 16.5. The minimum absolute atomic E-state index is 0.205. The molecule has 1 fully saturated rings. The molecule has 1 aliphatic heterocycles. The quantitative estimate of drug-likeness (QED) is 0.865. The average Bonchev–Trinajstić information content (AvgIpc) is 2.47. The van der Waals surface area contributed by atoms with Gasteiger partial charge in [-0.2, -0.15) is 0 Å². The highest BCUT2D eigenvalue weighted by Gasteiger charge is 2.16. The van der Waals surface area contributed by atoms with E-state index in [1.807, 2.05) is 7.05 Å². The Bertz CT molecular complexity index is 418. The Morgan fingerprint density at radius 2 is 2.30 bits per heavy atom. The molecule has 2 rings (SSSR count). The summed E-state index contributed by atoms with van der Waals surface area (Å²) in [5.41, 5.74) is 0.919. The van der Waals surface area contributed by atoms with Crippen molar-refractivity contribution in [1.82, 2.24) is 15.3 Å². The molecule has 0 radical (unpaired) electrons. The minimum atomic E-state index is 0.205. The second-order valence-electron chi connectivity index (χ2n) is 5.52. The second-order valence-corrected chi connectivity index (χ2v) is 5.52. The Morgan fingerprint density at radius 1 is 1.45 bits per heavy atom. The summed E-state index contributed by atoms with van der Waals surface area (Å²) in [6.45, 7) is 6.30. The standard InChI is InChI=1S/C15H25N3O2/c1-11(2)15-17-9-14(13(18-15)8-16-3)20-10-12-6-4-5-7-19-12/h9,11-12,16H,4-8,10H2,1-3H3. The third kappa shape index (κ3) is 4.15. The van der Waals surface area contributed by atoms with Crippen LogP contribution in [0.1, 0.15) is 50.5 Å². The number of nitrogens with zero attached hydrogens (tertiary/aromatic N) is 2. The van der Waals surface area contributed by atoms with E-state index in [1.165, 1.54) is 6.42 Å². The molecule has 1 N–H and O–H groups in total. The highest BCUT2D eigenvalue weighted by Crippen LogP contribution is 2.20. The normalized spacial score (nSPS) is 19.3. The second kappa shape index (κ2) is 7.55. The molecule has 1 atom stereocenters. The van der Waals surface area contributed by atoms with Crippen molar-refractivity contribution in [3.05, 3.63) is 17.7 Å². The smallest absolute Gasteiger partial charge is 0.160 e. The first-order chi connectivity index (χ1) is 9.70. The molecule has 0 bridgehead atoms. The topological polar surface area (TPSA) is 56.3 Å². The predicted molar refractivity (Wildman–Crippen MR) is 78.0 cm³/mol. The van der Waals surface area contributed by atoms with E-state index in [1.54, 1.807) is 6.20 Å². The monoisotopic (exact) mass is 279 g/mol. The Balaban J connectivity index is 2.01. The van der Waals surface area contributed by atoms with Crippen LogP contribution in [0.3, 0.4) is 0 Å². The predicted octanol–water partition coefficient (Wildman–Crippen LogP) is 2.27. The molecule has 0 saturated carbocycles. The number of rotatable bonds is 6.